The average molecular weight is 242 g/mol. The molecule has 0 aliphatic heterocycles. The Balaban J connectivity index is 2.21. The van der Waals surface area contributed by atoms with Gasteiger partial charge in [-0.05, 0) is 25.7 Å². The van der Waals surface area contributed by atoms with E-state index < -0.39 is 4.92 Å². The summed E-state index contributed by atoms with van der Waals surface area (Å²) in [5.74, 6) is 0.908. The van der Waals surface area contributed by atoms with Crippen molar-refractivity contribution in [2.75, 3.05) is 5.32 Å². The van der Waals surface area contributed by atoms with Crippen LogP contribution in [0.2, 0.25) is 5.02 Å². The second-order valence-corrected chi connectivity index (χ2v) is 4.49. The first-order valence-electron chi connectivity index (χ1n) is 5.14. The predicted molar refractivity (Wildman–Crippen MR) is 61.7 cm³/mol. The predicted octanol–water partition coefficient (Wildman–Crippen LogP) is 2.85. The van der Waals surface area contributed by atoms with Crippen molar-refractivity contribution in [1.82, 2.24) is 4.98 Å². The lowest BCUT2D eigenvalue weighted by Crippen LogP contribution is -2.18. The molecule has 1 aromatic rings. The molecular formula is C10H12ClN3O2. The second-order valence-electron chi connectivity index (χ2n) is 4.05. The molecule has 16 heavy (non-hydrogen) atoms. The molecule has 1 heterocycles. The van der Waals surface area contributed by atoms with Crippen LogP contribution in [0.4, 0.5) is 11.5 Å². The molecule has 0 saturated heterocycles. The van der Waals surface area contributed by atoms with E-state index in [-0.39, 0.29) is 16.8 Å². The molecule has 0 bridgehead atoms. The zero-order valence-electron chi connectivity index (χ0n) is 8.81. The lowest BCUT2D eigenvalue weighted by Gasteiger charge is -2.13. The van der Waals surface area contributed by atoms with Gasteiger partial charge in [-0.1, -0.05) is 11.6 Å². The summed E-state index contributed by atoms with van der Waals surface area (Å²) >= 11 is 5.68. The summed E-state index contributed by atoms with van der Waals surface area (Å²) in [6.07, 6.45) is 3.77. The molecular weight excluding hydrogens is 230 g/mol. The van der Waals surface area contributed by atoms with Crippen molar-refractivity contribution < 1.29 is 4.92 Å². The highest BCUT2D eigenvalue weighted by atomic mass is 35.5. The standard InChI is InChI=1S/C10H12ClN3O2/c1-6(7-2-3-7)13-10-9(14(15)16)4-8(11)5-12-10/h4-7H,2-3H2,1H3,(H,12,13). The van der Waals surface area contributed by atoms with Crippen LogP contribution in [0, 0.1) is 16.0 Å². The molecule has 0 radical (unpaired) electrons. The van der Waals surface area contributed by atoms with Gasteiger partial charge in [0, 0.05) is 18.3 Å². The third kappa shape index (κ3) is 2.41. The van der Waals surface area contributed by atoms with Gasteiger partial charge in [-0.15, -0.1) is 0 Å². The molecule has 1 aliphatic carbocycles. The minimum Gasteiger partial charge on any atom is -0.362 e. The fourth-order valence-electron chi connectivity index (χ4n) is 1.61. The maximum absolute atomic E-state index is 10.8. The fraction of sp³-hybridized carbons (Fsp3) is 0.500. The number of pyridine rings is 1. The van der Waals surface area contributed by atoms with E-state index in [0.29, 0.717) is 11.7 Å². The Kier molecular flexibility index (Phi) is 2.96. The monoisotopic (exact) mass is 241 g/mol. The lowest BCUT2D eigenvalue weighted by molar-refractivity contribution is -0.384. The van der Waals surface area contributed by atoms with E-state index in [2.05, 4.69) is 10.3 Å². The summed E-state index contributed by atoms with van der Waals surface area (Å²) in [6.45, 7) is 2.01. The summed E-state index contributed by atoms with van der Waals surface area (Å²) < 4.78 is 0. The van der Waals surface area contributed by atoms with Gasteiger partial charge in [0.1, 0.15) is 0 Å². The molecule has 5 nitrogen and oxygen atoms in total. The van der Waals surface area contributed by atoms with Gasteiger partial charge in [-0.2, -0.15) is 0 Å². The van der Waals surface area contributed by atoms with Crippen LogP contribution in [-0.2, 0) is 0 Å². The summed E-state index contributed by atoms with van der Waals surface area (Å²) in [5, 5.41) is 14.2. The van der Waals surface area contributed by atoms with Crippen LogP contribution in [0.3, 0.4) is 0 Å². The Morgan fingerprint density at radius 3 is 2.94 bits per heavy atom. The highest BCUT2D eigenvalue weighted by Gasteiger charge is 2.29. The Morgan fingerprint density at radius 1 is 1.69 bits per heavy atom. The van der Waals surface area contributed by atoms with Gasteiger partial charge in [0.15, 0.2) is 0 Å². The number of nitro groups is 1. The molecule has 6 heteroatoms. The van der Waals surface area contributed by atoms with Crippen LogP contribution in [0.5, 0.6) is 0 Å². The minimum absolute atomic E-state index is 0.0694. The van der Waals surface area contributed by atoms with Crippen LogP contribution in [0.25, 0.3) is 0 Å². The first-order chi connectivity index (χ1) is 7.58. The van der Waals surface area contributed by atoms with Crippen molar-refractivity contribution in [3.8, 4) is 0 Å². The molecule has 1 atom stereocenters. The largest absolute Gasteiger partial charge is 0.362 e. The van der Waals surface area contributed by atoms with Gasteiger partial charge < -0.3 is 5.32 Å². The van der Waals surface area contributed by atoms with Crippen molar-refractivity contribution in [1.29, 1.82) is 0 Å². The van der Waals surface area contributed by atoms with E-state index >= 15 is 0 Å². The van der Waals surface area contributed by atoms with Gasteiger partial charge in [-0.3, -0.25) is 10.1 Å². The van der Waals surface area contributed by atoms with Crippen LogP contribution >= 0.6 is 11.6 Å². The summed E-state index contributed by atoms with van der Waals surface area (Å²) in [5.41, 5.74) is -0.0694. The molecule has 0 aromatic carbocycles. The number of nitrogens with zero attached hydrogens (tertiary/aromatic N) is 2. The molecule has 0 spiro atoms. The molecule has 1 saturated carbocycles. The number of hydrogen-bond acceptors (Lipinski definition) is 4. The Hall–Kier alpha value is -1.36. The topological polar surface area (TPSA) is 68.1 Å². The molecule has 2 rings (SSSR count). The highest BCUT2D eigenvalue weighted by Crippen LogP contribution is 2.35. The van der Waals surface area contributed by atoms with Crippen molar-refractivity contribution in [2.45, 2.75) is 25.8 Å². The molecule has 86 valence electrons. The number of anilines is 1. The molecule has 1 aromatic heterocycles. The van der Waals surface area contributed by atoms with Crippen LogP contribution in [-0.4, -0.2) is 15.9 Å². The van der Waals surface area contributed by atoms with Gasteiger partial charge in [0.25, 0.3) is 0 Å². The molecule has 1 N–H and O–H groups in total. The zero-order valence-corrected chi connectivity index (χ0v) is 9.57. The quantitative estimate of drug-likeness (QED) is 0.650. The number of nitrogens with one attached hydrogen (secondary N) is 1. The van der Waals surface area contributed by atoms with Crippen LogP contribution < -0.4 is 5.32 Å². The third-order valence-electron chi connectivity index (χ3n) is 2.72. The minimum atomic E-state index is -0.471. The normalized spacial score (nSPS) is 16.9. The Labute approximate surface area is 98.0 Å². The first kappa shape index (κ1) is 11.1. The summed E-state index contributed by atoms with van der Waals surface area (Å²) in [4.78, 5) is 14.3. The zero-order chi connectivity index (χ0) is 11.7. The van der Waals surface area contributed by atoms with Gasteiger partial charge in [0.2, 0.25) is 5.82 Å². The smallest absolute Gasteiger partial charge is 0.312 e. The van der Waals surface area contributed by atoms with Crippen molar-refractivity contribution in [3.05, 3.63) is 27.4 Å². The van der Waals surface area contributed by atoms with Crippen molar-refractivity contribution in [2.24, 2.45) is 5.92 Å². The van der Waals surface area contributed by atoms with E-state index in [1.54, 1.807) is 0 Å². The summed E-state index contributed by atoms with van der Waals surface area (Å²) in [7, 11) is 0. The first-order valence-corrected chi connectivity index (χ1v) is 5.52. The van der Waals surface area contributed by atoms with Gasteiger partial charge in [0.05, 0.1) is 9.95 Å². The molecule has 0 amide bonds. The van der Waals surface area contributed by atoms with Gasteiger partial charge >= 0.3 is 5.69 Å². The van der Waals surface area contributed by atoms with E-state index in [0.717, 1.165) is 0 Å². The number of aromatic nitrogens is 1. The highest BCUT2D eigenvalue weighted by molar-refractivity contribution is 6.30. The third-order valence-corrected chi connectivity index (χ3v) is 2.93. The van der Waals surface area contributed by atoms with Crippen LogP contribution in [0.1, 0.15) is 19.8 Å². The van der Waals surface area contributed by atoms with Crippen molar-refractivity contribution in [3.63, 3.8) is 0 Å². The van der Waals surface area contributed by atoms with E-state index in [1.165, 1.54) is 25.1 Å². The molecule has 1 fully saturated rings. The summed E-state index contributed by atoms with van der Waals surface area (Å²) in [6, 6.07) is 1.53. The molecule has 1 aliphatic rings. The van der Waals surface area contributed by atoms with E-state index in [4.69, 9.17) is 11.6 Å². The van der Waals surface area contributed by atoms with Crippen LogP contribution in [0.15, 0.2) is 12.3 Å². The maximum Gasteiger partial charge on any atom is 0.312 e. The Morgan fingerprint density at radius 2 is 2.38 bits per heavy atom. The maximum atomic E-state index is 10.8. The lowest BCUT2D eigenvalue weighted by atomic mass is 10.2. The number of hydrogen-bond donors (Lipinski definition) is 1. The second kappa shape index (κ2) is 4.25. The SMILES string of the molecule is CC(Nc1ncc(Cl)cc1[N+](=O)[O-])C1CC1. The van der Waals surface area contributed by atoms with Crippen molar-refractivity contribution >= 4 is 23.1 Å². The van der Waals surface area contributed by atoms with E-state index in [1.807, 2.05) is 6.92 Å². The average Bonchev–Trinajstić information content (AvgIpc) is 3.03. The fourth-order valence-corrected chi connectivity index (χ4v) is 1.76. The number of rotatable bonds is 4. The Bertz CT molecular complexity index is 421. The molecule has 1 unspecified atom stereocenters. The number of halogens is 1. The van der Waals surface area contributed by atoms with Gasteiger partial charge in [-0.25, -0.2) is 4.98 Å². The van der Waals surface area contributed by atoms with E-state index in [9.17, 15) is 10.1 Å².